The predicted octanol–water partition coefficient (Wildman–Crippen LogP) is 1.71. The van der Waals surface area contributed by atoms with Crippen LogP contribution >= 0.6 is 0 Å². The van der Waals surface area contributed by atoms with E-state index in [4.69, 9.17) is 9.15 Å². The molecule has 0 radical (unpaired) electrons. The minimum absolute atomic E-state index is 0.351. The first kappa shape index (κ1) is 10.2. The molecule has 0 N–H and O–H groups in total. The number of aldehydes is 1. The predicted molar refractivity (Wildman–Crippen MR) is 56.3 cm³/mol. The summed E-state index contributed by atoms with van der Waals surface area (Å²) in [6, 6.07) is 3.85. The summed E-state index contributed by atoms with van der Waals surface area (Å²) in [5, 5.41) is 0. The van der Waals surface area contributed by atoms with Gasteiger partial charge in [0.15, 0.2) is 17.9 Å². The molecule has 1 atom stereocenters. The fraction of sp³-hybridized carbons (Fsp3) is 0.545. The first-order valence-electron chi connectivity index (χ1n) is 5.17. The Morgan fingerprint density at radius 2 is 2.40 bits per heavy atom. The van der Waals surface area contributed by atoms with Crippen LogP contribution in [0.5, 0.6) is 0 Å². The van der Waals surface area contributed by atoms with Crippen LogP contribution in [0.2, 0.25) is 0 Å². The molecule has 15 heavy (non-hydrogen) atoms. The Morgan fingerprint density at radius 1 is 1.53 bits per heavy atom. The van der Waals surface area contributed by atoms with E-state index in [1.807, 2.05) is 18.0 Å². The van der Waals surface area contributed by atoms with E-state index in [2.05, 4.69) is 0 Å². The van der Waals surface area contributed by atoms with Crippen molar-refractivity contribution in [2.24, 2.45) is 0 Å². The van der Waals surface area contributed by atoms with E-state index in [1.165, 1.54) is 0 Å². The third kappa shape index (κ3) is 2.21. The number of ether oxygens (including phenoxy) is 1. The highest BCUT2D eigenvalue weighted by molar-refractivity contribution is 5.71. The summed E-state index contributed by atoms with van der Waals surface area (Å²) in [6.07, 6.45) is 2.90. The van der Waals surface area contributed by atoms with Crippen LogP contribution in [0.4, 0.5) is 5.88 Å². The van der Waals surface area contributed by atoms with Gasteiger partial charge in [0.05, 0.1) is 12.6 Å². The van der Waals surface area contributed by atoms with Crippen molar-refractivity contribution < 1.29 is 13.9 Å². The molecule has 1 saturated heterocycles. The molecule has 1 fully saturated rings. The zero-order chi connectivity index (χ0) is 10.7. The van der Waals surface area contributed by atoms with Crippen LogP contribution < -0.4 is 4.90 Å². The molecule has 1 aromatic heterocycles. The second-order valence-corrected chi connectivity index (χ2v) is 3.78. The van der Waals surface area contributed by atoms with Crippen molar-refractivity contribution in [3.05, 3.63) is 17.9 Å². The summed E-state index contributed by atoms with van der Waals surface area (Å²) in [4.78, 5) is 12.5. The molecule has 1 unspecified atom stereocenters. The molecular formula is C11H15NO3. The van der Waals surface area contributed by atoms with Crippen molar-refractivity contribution in [1.29, 1.82) is 0 Å². The summed E-state index contributed by atoms with van der Waals surface area (Å²) in [7, 11) is 1.97. The quantitative estimate of drug-likeness (QED) is 0.711. The average molecular weight is 209 g/mol. The number of nitrogens with zero attached hydrogens (tertiary/aromatic N) is 1. The summed E-state index contributed by atoms with van der Waals surface area (Å²) in [5.74, 6) is 1.10. The first-order chi connectivity index (χ1) is 7.31. The topological polar surface area (TPSA) is 42.7 Å². The fourth-order valence-electron chi connectivity index (χ4n) is 1.80. The molecule has 0 spiro atoms. The molecule has 1 aromatic rings. The summed E-state index contributed by atoms with van der Waals surface area (Å²) in [5.41, 5.74) is 0. The van der Waals surface area contributed by atoms with Gasteiger partial charge in [-0.15, -0.1) is 0 Å². The molecule has 0 saturated carbocycles. The zero-order valence-electron chi connectivity index (χ0n) is 8.81. The number of carbonyl (C=O) groups is 1. The number of carbonyl (C=O) groups excluding carboxylic acids is 1. The molecule has 0 aromatic carbocycles. The van der Waals surface area contributed by atoms with Crippen molar-refractivity contribution >= 4 is 12.2 Å². The molecular weight excluding hydrogens is 194 g/mol. The van der Waals surface area contributed by atoms with Gasteiger partial charge in [-0.1, -0.05) is 0 Å². The Balaban J connectivity index is 2.05. The Hall–Kier alpha value is -1.29. The molecule has 2 heterocycles. The molecule has 4 nitrogen and oxygen atoms in total. The van der Waals surface area contributed by atoms with E-state index in [-0.39, 0.29) is 0 Å². The number of furan rings is 1. The lowest BCUT2D eigenvalue weighted by Crippen LogP contribution is -2.38. The maximum absolute atomic E-state index is 10.5. The Bertz CT molecular complexity index is 328. The summed E-state index contributed by atoms with van der Waals surface area (Å²) < 4.78 is 10.8. The van der Waals surface area contributed by atoms with Crippen LogP contribution in [0.25, 0.3) is 0 Å². The normalized spacial score (nSPS) is 21.3. The van der Waals surface area contributed by atoms with E-state index >= 15 is 0 Å². The van der Waals surface area contributed by atoms with E-state index in [1.54, 1.807) is 6.07 Å². The number of hydrogen-bond acceptors (Lipinski definition) is 4. The van der Waals surface area contributed by atoms with Gasteiger partial charge < -0.3 is 14.1 Å². The third-order valence-corrected chi connectivity index (χ3v) is 2.76. The van der Waals surface area contributed by atoms with Crippen LogP contribution in [-0.2, 0) is 4.74 Å². The van der Waals surface area contributed by atoms with Gasteiger partial charge in [0, 0.05) is 19.7 Å². The maximum Gasteiger partial charge on any atom is 0.196 e. The lowest BCUT2D eigenvalue weighted by Gasteiger charge is -2.30. The van der Waals surface area contributed by atoms with Gasteiger partial charge >= 0.3 is 0 Å². The van der Waals surface area contributed by atoms with E-state index in [0.717, 1.165) is 31.9 Å². The van der Waals surface area contributed by atoms with Gasteiger partial charge in [0.25, 0.3) is 0 Å². The minimum Gasteiger partial charge on any atom is -0.438 e. The lowest BCUT2D eigenvalue weighted by molar-refractivity contribution is 0.0796. The van der Waals surface area contributed by atoms with E-state index in [9.17, 15) is 4.79 Å². The van der Waals surface area contributed by atoms with Crippen molar-refractivity contribution in [3.8, 4) is 0 Å². The largest absolute Gasteiger partial charge is 0.438 e. The lowest BCUT2D eigenvalue weighted by atomic mass is 10.1. The summed E-state index contributed by atoms with van der Waals surface area (Å²) in [6.45, 7) is 1.58. The number of hydrogen-bond donors (Lipinski definition) is 0. The molecule has 2 rings (SSSR count). The van der Waals surface area contributed by atoms with Crippen LogP contribution in [0.15, 0.2) is 16.5 Å². The third-order valence-electron chi connectivity index (χ3n) is 2.76. The highest BCUT2D eigenvalue weighted by Crippen LogP contribution is 2.22. The zero-order valence-corrected chi connectivity index (χ0v) is 8.81. The highest BCUT2D eigenvalue weighted by Gasteiger charge is 2.20. The molecule has 4 heteroatoms. The van der Waals surface area contributed by atoms with Crippen LogP contribution in [0.1, 0.15) is 23.4 Å². The maximum atomic E-state index is 10.5. The van der Waals surface area contributed by atoms with Crippen molar-refractivity contribution in [2.45, 2.75) is 18.9 Å². The minimum atomic E-state index is 0.351. The van der Waals surface area contributed by atoms with Gasteiger partial charge in [-0.3, -0.25) is 4.79 Å². The number of rotatable bonds is 3. The van der Waals surface area contributed by atoms with E-state index < -0.39 is 0 Å². The smallest absolute Gasteiger partial charge is 0.196 e. The van der Waals surface area contributed by atoms with Gasteiger partial charge in [0.1, 0.15) is 0 Å². The highest BCUT2D eigenvalue weighted by atomic mass is 16.5. The van der Waals surface area contributed by atoms with Gasteiger partial charge in [-0.25, -0.2) is 0 Å². The second kappa shape index (κ2) is 4.49. The summed E-state index contributed by atoms with van der Waals surface area (Å²) >= 11 is 0. The molecule has 0 amide bonds. The van der Waals surface area contributed by atoms with Crippen LogP contribution in [-0.4, -0.2) is 32.6 Å². The van der Waals surface area contributed by atoms with Crippen LogP contribution in [0, 0.1) is 0 Å². The monoisotopic (exact) mass is 209 g/mol. The van der Waals surface area contributed by atoms with Crippen molar-refractivity contribution in [2.75, 3.05) is 25.2 Å². The Labute approximate surface area is 88.8 Å². The SMILES string of the molecule is CN(c1ccc(C=O)o1)C1CCCOC1. The molecule has 1 aliphatic heterocycles. The van der Waals surface area contributed by atoms with Gasteiger partial charge in [0.2, 0.25) is 0 Å². The van der Waals surface area contributed by atoms with E-state index in [0.29, 0.717) is 18.1 Å². The molecule has 1 aliphatic rings. The van der Waals surface area contributed by atoms with Crippen molar-refractivity contribution in [3.63, 3.8) is 0 Å². The first-order valence-corrected chi connectivity index (χ1v) is 5.17. The van der Waals surface area contributed by atoms with Gasteiger partial charge in [-0.2, -0.15) is 0 Å². The van der Waals surface area contributed by atoms with Crippen LogP contribution in [0.3, 0.4) is 0 Å². The fourth-order valence-corrected chi connectivity index (χ4v) is 1.80. The Kier molecular flexibility index (Phi) is 3.06. The number of anilines is 1. The van der Waals surface area contributed by atoms with Crippen molar-refractivity contribution in [1.82, 2.24) is 0 Å². The Morgan fingerprint density at radius 3 is 3.00 bits per heavy atom. The molecule has 82 valence electrons. The molecule has 0 aliphatic carbocycles. The molecule has 0 bridgehead atoms. The van der Waals surface area contributed by atoms with Gasteiger partial charge in [-0.05, 0) is 18.9 Å². The average Bonchev–Trinajstić information content (AvgIpc) is 2.78. The standard InChI is InChI=1S/C11H15NO3/c1-12(9-3-2-6-14-8-9)11-5-4-10(7-13)15-11/h4-5,7,9H,2-3,6,8H2,1H3. The number of likely N-dealkylation sites (N-methyl/N-ethyl adjacent to an activating group) is 1. The second-order valence-electron chi connectivity index (χ2n) is 3.78.